The fourth-order valence-electron chi connectivity index (χ4n) is 1.97. The number of hydrogen-bond acceptors (Lipinski definition) is 4. The maximum atomic E-state index is 5.88. The van der Waals surface area contributed by atoms with Crippen molar-refractivity contribution in [1.82, 2.24) is 10.2 Å². The molecular weight excluding hydrogens is 286 g/mol. The highest BCUT2D eigenvalue weighted by atomic mass is 35.5. The molecule has 0 radical (unpaired) electrons. The Morgan fingerprint density at radius 2 is 1.57 bits per heavy atom. The molecule has 0 fully saturated rings. The van der Waals surface area contributed by atoms with Crippen molar-refractivity contribution < 1.29 is 4.42 Å². The van der Waals surface area contributed by atoms with Gasteiger partial charge in [0.2, 0.25) is 11.8 Å². The minimum Gasteiger partial charge on any atom is -0.416 e. The largest absolute Gasteiger partial charge is 0.416 e. The van der Waals surface area contributed by atoms with Crippen LogP contribution in [-0.2, 0) is 0 Å². The predicted molar refractivity (Wildman–Crippen MR) is 84.5 cm³/mol. The third-order valence-electron chi connectivity index (χ3n) is 3.13. The molecular formula is C16H14ClN3O. The second kappa shape index (κ2) is 5.58. The first-order chi connectivity index (χ1) is 10.1. The highest BCUT2D eigenvalue weighted by molar-refractivity contribution is 6.30. The fourth-order valence-corrected chi connectivity index (χ4v) is 2.09. The quantitative estimate of drug-likeness (QED) is 0.729. The van der Waals surface area contributed by atoms with Gasteiger partial charge in [-0.05, 0) is 42.5 Å². The van der Waals surface area contributed by atoms with Gasteiger partial charge in [-0.2, -0.15) is 0 Å². The highest BCUT2D eigenvalue weighted by Crippen LogP contribution is 2.26. The van der Waals surface area contributed by atoms with Gasteiger partial charge in [-0.1, -0.05) is 17.7 Å². The number of halogens is 1. The van der Waals surface area contributed by atoms with E-state index in [0.717, 1.165) is 16.8 Å². The summed E-state index contributed by atoms with van der Waals surface area (Å²) in [6.45, 7) is 0. The number of nitrogens with zero attached hydrogens (tertiary/aromatic N) is 3. The number of aromatic nitrogens is 2. The molecule has 2 aromatic carbocycles. The summed E-state index contributed by atoms with van der Waals surface area (Å²) in [5.41, 5.74) is 2.83. The van der Waals surface area contributed by atoms with Crippen molar-refractivity contribution in [2.24, 2.45) is 0 Å². The van der Waals surface area contributed by atoms with Gasteiger partial charge in [-0.3, -0.25) is 0 Å². The Kier molecular flexibility index (Phi) is 3.62. The summed E-state index contributed by atoms with van der Waals surface area (Å²) in [7, 11) is 3.98. The highest BCUT2D eigenvalue weighted by Gasteiger charge is 2.11. The SMILES string of the molecule is CN(C)c1cccc(-c2nnc(-c3ccc(Cl)cc3)o2)c1. The molecule has 0 unspecified atom stereocenters. The normalized spacial score (nSPS) is 10.6. The Morgan fingerprint density at radius 3 is 2.24 bits per heavy atom. The van der Waals surface area contributed by atoms with E-state index in [2.05, 4.69) is 10.2 Å². The Balaban J connectivity index is 1.94. The van der Waals surface area contributed by atoms with E-state index in [1.54, 1.807) is 12.1 Å². The summed E-state index contributed by atoms with van der Waals surface area (Å²) in [4.78, 5) is 2.03. The molecule has 0 saturated heterocycles. The lowest BCUT2D eigenvalue weighted by molar-refractivity contribution is 0.584. The van der Waals surface area contributed by atoms with Crippen molar-refractivity contribution in [3.63, 3.8) is 0 Å². The molecule has 106 valence electrons. The van der Waals surface area contributed by atoms with Crippen molar-refractivity contribution in [2.45, 2.75) is 0 Å². The van der Waals surface area contributed by atoms with Gasteiger partial charge in [0.25, 0.3) is 0 Å². The molecule has 1 aromatic heterocycles. The molecule has 0 spiro atoms. The molecule has 3 aromatic rings. The average molecular weight is 300 g/mol. The average Bonchev–Trinajstić information content (AvgIpc) is 2.98. The Bertz CT molecular complexity index is 750. The second-order valence-electron chi connectivity index (χ2n) is 4.86. The molecule has 0 aliphatic heterocycles. The lowest BCUT2D eigenvalue weighted by Gasteiger charge is -2.12. The monoisotopic (exact) mass is 299 g/mol. The summed E-state index contributed by atoms with van der Waals surface area (Å²) in [5, 5.41) is 8.89. The molecule has 0 atom stereocenters. The van der Waals surface area contributed by atoms with Crippen LogP contribution in [-0.4, -0.2) is 24.3 Å². The number of benzene rings is 2. The van der Waals surface area contributed by atoms with E-state index in [1.165, 1.54) is 0 Å². The minimum atomic E-state index is 0.483. The van der Waals surface area contributed by atoms with Gasteiger partial charge in [0.05, 0.1) is 0 Å². The first-order valence-electron chi connectivity index (χ1n) is 6.51. The summed E-state index contributed by atoms with van der Waals surface area (Å²) in [6, 6.07) is 15.3. The first kappa shape index (κ1) is 13.6. The van der Waals surface area contributed by atoms with Crippen molar-refractivity contribution in [2.75, 3.05) is 19.0 Å². The van der Waals surface area contributed by atoms with Crippen LogP contribution in [0.4, 0.5) is 5.69 Å². The third kappa shape index (κ3) is 2.90. The van der Waals surface area contributed by atoms with Crippen LogP contribution in [0.2, 0.25) is 5.02 Å². The Hall–Kier alpha value is -2.33. The van der Waals surface area contributed by atoms with Crippen LogP contribution < -0.4 is 4.90 Å². The van der Waals surface area contributed by atoms with E-state index in [0.29, 0.717) is 16.8 Å². The van der Waals surface area contributed by atoms with Crippen molar-refractivity contribution in [3.8, 4) is 22.9 Å². The van der Waals surface area contributed by atoms with E-state index < -0.39 is 0 Å². The molecule has 0 aliphatic rings. The zero-order valence-corrected chi connectivity index (χ0v) is 12.5. The summed E-state index contributed by atoms with van der Waals surface area (Å²) >= 11 is 5.88. The summed E-state index contributed by atoms with van der Waals surface area (Å²) < 4.78 is 5.75. The van der Waals surface area contributed by atoms with E-state index in [9.17, 15) is 0 Å². The van der Waals surface area contributed by atoms with Gasteiger partial charge in [0.15, 0.2) is 0 Å². The maximum absolute atomic E-state index is 5.88. The third-order valence-corrected chi connectivity index (χ3v) is 3.38. The summed E-state index contributed by atoms with van der Waals surface area (Å²) in [6.07, 6.45) is 0. The van der Waals surface area contributed by atoms with Crippen molar-refractivity contribution in [1.29, 1.82) is 0 Å². The van der Waals surface area contributed by atoms with E-state index in [4.69, 9.17) is 16.0 Å². The number of hydrogen-bond donors (Lipinski definition) is 0. The first-order valence-corrected chi connectivity index (χ1v) is 6.88. The van der Waals surface area contributed by atoms with Gasteiger partial charge in [-0.25, -0.2) is 0 Å². The van der Waals surface area contributed by atoms with Crippen LogP contribution in [0, 0.1) is 0 Å². The van der Waals surface area contributed by atoms with Gasteiger partial charge < -0.3 is 9.32 Å². The molecule has 1 heterocycles. The van der Waals surface area contributed by atoms with Gasteiger partial charge >= 0.3 is 0 Å². The topological polar surface area (TPSA) is 42.2 Å². The Labute approximate surface area is 128 Å². The molecule has 5 heteroatoms. The van der Waals surface area contributed by atoms with Gasteiger partial charge in [0.1, 0.15) is 0 Å². The van der Waals surface area contributed by atoms with Crippen molar-refractivity contribution >= 4 is 17.3 Å². The molecule has 0 N–H and O–H groups in total. The molecule has 3 rings (SSSR count). The molecule has 0 aliphatic carbocycles. The Morgan fingerprint density at radius 1 is 0.905 bits per heavy atom. The summed E-state index contributed by atoms with van der Waals surface area (Å²) in [5.74, 6) is 0.987. The lowest BCUT2D eigenvalue weighted by Crippen LogP contribution is -2.08. The van der Waals surface area contributed by atoms with Crippen LogP contribution in [0.25, 0.3) is 22.9 Å². The predicted octanol–water partition coefficient (Wildman–Crippen LogP) is 4.12. The van der Waals surface area contributed by atoms with E-state index >= 15 is 0 Å². The maximum Gasteiger partial charge on any atom is 0.248 e. The van der Waals surface area contributed by atoms with Gasteiger partial charge in [-0.15, -0.1) is 10.2 Å². The molecule has 0 bridgehead atoms. The van der Waals surface area contributed by atoms with Crippen LogP contribution in [0.1, 0.15) is 0 Å². The van der Waals surface area contributed by atoms with Crippen LogP contribution >= 0.6 is 11.6 Å². The second-order valence-corrected chi connectivity index (χ2v) is 5.30. The standard InChI is InChI=1S/C16H14ClN3O/c1-20(2)14-5-3-4-12(10-14)16-19-18-15(21-16)11-6-8-13(17)9-7-11/h3-10H,1-2H3. The molecule has 21 heavy (non-hydrogen) atoms. The van der Waals surface area contributed by atoms with E-state index in [1.807, 2.05) is 55.4 Å². The van der Waals surface area contributed by atoms with Gasteiger partial charge in [0, 0.05) is 35.9 Å². The molecule has 0 saturated carbocycles. The van der Waals surface area contributed by atoms with Crippen LogP contribution in [0.15, 0.2) is 52.9 Å². The number of anilines is 1. The fraction of sp³-hybridized carbons (Fsp3) is 0.125. The zero-order chi connectivity index (χ0) is 14.8. The minimum absolute atomic E-state index is 0.483. The number of rotatable bonds is 3. The van der Waals surface area contributed by atoms with Crippen LogP contribution in [0.3, 0.4) is 0 Å². The zero-order valence-electron chi connectivity index (χ0n) is 11.7. The smallest absolute Gasteiger partial charge is 0.248 e. The molecule has 0 amide bonds. The lowest BCUT2D eigenvalue weighted by atomic mass is 10.2. The van der Waals surface area contributed by atoms with E-state index in [-0.39, 0.29) is 0 Å². The van der Waals surface area contributed by atoms with Crippen molar-refractivity contribution in [3.05, 3.63) is 53.6 Å². The molecule has 4 nitrogen and oxygen atoms in total. The van der Waals surface area contributed by atoms with Crippen LogP contribution in [0.5, 0.6) is 0 Å².